The first-order valence-corrected chi connectivity index (χ1v) is 4.53. The predicted octanol–water partition coefficient (Wildman–Crippen LogP) is 2.44. The van der Waals surface area contributed by atoms with Crippen molar-refractivity contribution in [1.82, 2.24) is 4.98 Å². The minimum absolute atomic E-state index is 0. The van der Waals surface area contributed by atoms with E-state index in [-0.39, 0.29) is 22.6 Å². The average Bonchev–Trinajstić information content (AvgIpc) is 2.30. The second-order valence-corrected chi connectivity index (χ2v) is 3.07. The van der Waals surface area contributed by atoms with E-state index < -0.39 is 5.97 Å². The summed E-state index contributed by atoms with van der Waals surface area (Å²) in [6, 6.07) is 12.5. The average molecular weight is 263 g/mol. The Kier molecular flexibility index (Phi) is 4.23. The van der Waals surface area contributed by atoms with Crippen molar-refractivity contribution in [2.45, 2.75) is 0 Å². The number of benzene rings is 1. The van der Waals surface area contributed by atoms with E-state index >= 15 is 0 Å². The van der Waals surface area contributed by atoms with Crippen molar-refractivity contribution in [3.8, 4) is 11.3 Å². The van der Waals surface area contributed by atoms with Crippen LogP contribution >= 0.6 is 0 Å². The second kappa shape index (κ2) is 5.45. The van der Waals surface area contributed by atoms with Crippen LogP contribution in [0.5, 0.6) is 0 Å². The van der Waals surface area contributed by atoms with E-state index in [0.717, 1.165) is 5.56 Å². The first kappa shape index (κ1) is 12.4. The molecule has 0 atom stereocenters. The van der Waals surface area contributed by atoms with Crippen molar-refractivity contribution in [2.75, 3.05) is 0 Å². The zero-order valence-electron chi connectivity index (χ0n) is 8.22. The van der Waals surface area contributed by atoms with Crippen LogP contribution in [0.4, 0.5) is 0 Å². The van der Waals surface area contributed by atoms with Crippen LogP contribution in [0.25, 0.3) is 11.3 Å². The van der Waals surface area contributed by atoms with E-state index in [1.807, 2.05) is 30.3 Å². The van der Waals surface area contributed by atoms with Gasteiger partial charge in [0.15, 0.2) is 0 Å². The van der Waals surface area contributed by atoms with Gasteiger partial charge < -0.3 is 5.11 Å². The zero-order chi connectivity index (χ0) is 10.7. The Morgan fingerprint density at radius 3 is 2.38 bits per heavy atom. The van der Waals surface area contributed by atoms with Gasteiger partial charge >= 0.3 is 23.0 Å². The third-order valence-corrected chi connectivity index (χ3v) is 2.09. The molecule has 1 aromatic carbocycles. The molecule has 0 unspecified atom stereocenters. The van der Waals surface area contributed by atoms with Gasteiger partial charge in [-0.25, -0.2) is 4.79 Å². The second-order valence-electron chi connectivity index (χ2n) is 3.07. The quantitative estimate of drug-likeness (QED) is 0.846. The fourth-order valence-electron chi connectivity index (χ4n) is 1.40. The number of aromatic carboxylic acids is 1. The molecule has 16 heavy (non-hydrogen) atoms. The van der Waals surface area contributed by atoms with Crippen molar-refractivity contribution in [2.24, 2.45) is 0 Å². The number of hydrogen-bond donors (Lipinski definition) is 1. The summed E-state index contributed by atoms with van der Waals surface area (Å²) in [6.45, 7) is 0. The standard InChI is InChI=1S/C12H9NO2.Cu/c14-12(15)10-7-4-8-13-11(10)9-5-2-1-3-6-9;/h1-8H,(H,14,15);/q;+2. The van der Waals surface area contributed by atoms with Crippen LogP contribution in [0.1, 0.15) is 10.4 Å². The third kappa shape index (κ3) is 2.48. The zero-order valence-corrected chi connectivity index (χ0v) is 9.16. The number of aromatic nitrogens is 1. The van der Waals surface area contributed by atoms with Gasteiger partial charge in [0.2, 0.25) is 0 Å². The van der Waals surface area contributed by atoms with E-state index in [1.54, 1.807) is 18.3 Å². The Morgan fingerprint density at radius 1 is 1.06 bits per heavy atom. The number of carbonyl (C=O) groups is 1. The fourth-order valence-corrected chi connectivity index (χ4v) is 1.40. The van der Waals surface area contributed by atoms with Gasteiger partial charge in [0.05, 0.1) is 11.3 Å². The van der Waals surface area contributed by atoms with Gasteiger partial charge in [-0.15, -0.1) is 0 Å². The molecule has 0 fully saturated rings. The van der Waals surface area contributed by atoms with Crippen molar-refractivity contribution in [3.05, 3.63) is 54.2 Å². The molecule has 1 heterocycles. The maximum atomic E-state index is 11.0. The van der Waals surface area contributed by atoms with Crippen LogP contribution < -0.4 is 0 Å². The van der Waals surface area contributed by atoms with E-state index in [0.29, 0.717) is 5.69 Å². The van der Waals surface area contributed by atoms with Crippen LogP contribution in [-0.4, -0.2) is 16.1 Å². The van der Waals surface area contributed by atoms with E-state index in [1.165, 1.54) is 0 Å². The van der Waals surface area contributed by atoms with E-state index in [9.17, 15) is 4.79 Å². The summed E-state index contributed by atoms with van der Waals surface area (Å²) in [6.07, 6.45) is 1.59. The summed E-state index contributed by atoms with van der Waals surface area (Å²) in [4.78, 5) is 15.0. The summed E-state index contributed by atoms with van der Waals surface area (Å²) in [5, 5.41) is 8.99. The molecule has 0 aliphatic heterocycles. The normalized spacial score (nSPS) is 9.25. The summed E-state index contributed by atoms with van der Waals surface area (Å²) in [7, 11) is 0. The third-order valence-electron chi connectivity index (χ3n) is 2.09. The molecular formula is C12H9CuNO2+2. The smallest absolute Gasteiger partial charge is 0.478 e. The molecule has 2 aromatic rings. The van der Waals surface area contributed by atoms with Crippen molar-refractivity contribution in [3.63, 3.8) is 0 Å². The summed E-state index contributed by atoms with van der Waals surface area (Å²) in [5.41, 5.74) is 1.55. The predicted molar refractivity (Wildman–Crippen MR) is 56.6 cm³/mol. The Balaban J connectivity index is 0.00000128. The molecule has 1 N–H and O–H groups in total. The molecule has 0 amide bonds. The fraction of sp³-hybridized carbons (Fsp3) is 0. The Bertz CT molecular complexity index is 485. The van der Waals surface area contributed by atoms with Crippen molar-refractivity contribution >= 4 is 5.97 Å². The van der Waals surface area contributed by atoms with E-state index in [4.69, 9.17) is 5.11 Å². The van der Waals surface area contributed by atoms with Gasteiger partial charge in [0.25, 0.3) is 0 Å². The number of hydrogen-bond acceptors (Lipinski definition) is 2. The van der Waals surface area contributed by atoms with Crippen LogP contribution in [0.15, 0.2) is 48.7 Å². The number of carboxylic acid groups (broad SMARTS) is 1. The molecule has 0 saturated heterocycles. The number of nitrogens with zero attached hydrogens (tertiary/aromatic N) is 1. The minimum Gasteiger partial charge on any atom is -0.478 e. The summed E-state index contributed by atoms with van der Waals surface area (Å²) >= 11 is 0. The molecule has 0 bridgehead atoms. The van der Waals surface area contributed by atoms with Gasteiger partial charge in [-0.05, 0) is 12.1 Å². The maximum absolute atomic E-state index is 11.0. The van der Waals surface area contributed by atoms with Crippen LogP contribution in [0.2, 0.25) is 0 Å². The molecule has 3 nitrogen and oxygen atoms in total. The molecule has 0 spiro atoms. The Hall–Kier alpha value is -1.64. The molecule has 0 aliphatic carbocycles. The van der Waals surface area contributed by atoms with E-state index in [2.05, 4.69) is 4.98 Å². The molecule has 4 heteroatoms. The van der Waals surface area contributed by atoms with Gasteiger partial charge in [0, 0.05) is 11.8 Å². The van der Waals surface area contributed by atoms with Gasteiger partial charge in [-0.2, -0.15) is 0 Å². The first-order chi connectivity index (χ1) is 7.29. The first-order valence-electron chi connectivity index (χ1n) is 4.53. The topological polar surface area (TPSA) is 50.2 Å². The maximum Gasteiger partial charge on any atom is 2.00 e. The van der Waals surface area contributed by atoms with Crippen molar-refractivity contribution < 1.29 is 27.0 Å². The number of carboxylic acids is 1. The van der Waals surface area contributed by atoms with Crippen LogP contribution in [0.3, 0.4) is 0 Å². The monoisotopic (exact) mass is 262 g/mol. The molecule has 0 saturated carbocycles. The number of pyridine rings is 1. The Morgan fingerprint density at radius 2 is 1.75 bits per heavy atom. The molecule has 1 radical (unpaired) electrons. The van der Waals surface area contributed by atoms with Gasteiger partial charge in [-0.1, -0.05) is 30.3 Å². The summed E-state index contributed by atoms with van der Waals surface area (Å²) in [5.74, 6) is -0.957. The molecule has 83 valence electrons. The molecule has 1 aromatic heterocycles. The SMILES string of the molecule is O=C(O)c1cccnc1-c1ccccc1.[Cu+2]. The Labute approximate surface area is 104 Å². The molecule has 0 aliphatic rings. The van der Waals surface area contributed by atoms with Gasteiger partial charge in [0.1, 0.15) is 0 Å². The number of rotatable bonds is 2. The largest absolute Gasteiger partial charge is 2.00 e. The van der Waals surface area contributed by atoms with Crippen LogP contribution in [0, 0.1) is 0 Å². The van der Waals surface area contributed by atoms with Crippen LogP contribution in [-0.2, 0) is 17.1 Å². The van der Waals surface area contributed by atoms with Gasteiger partial charge in [-0.3, -0.25) is 4.98 Å². The van der Waals surface area contributed by atoms with Crippen molar-refractivity contribution in [1.29, 1.82) is 0 Å². The molecule has 2 rings (SSSR count). The summed E-state index contributed by atoms with van der Waals surface area (Å²) < 4.78 is 0. The minimum atomic E-state index is -0.957. The molecular weight excluding hydrogens is 254 g/mol.